The maximum absolute atomic E-state index is 11.6. The van der Waals surface area contributed by atoms with E-state index in [1.165, 1.54) is 7.11 Å². The van der Waals surface area contributed by atoms with E-state index in [9.17, 15) is 9.90 Å². The Labute approximate surface area is 105 Å². The number of rotatable bonds is 3. The van der Waals surface area contributed by atoms with Gasteiger partial charge in [0.25, 0.3) is 0 Å². The Morgan fingerprint density at radius 1 is 1.39 bits per heavy atom. The third-order valence-corrected chi connectivity index (χ3v) is 3.11. The predicted molar refractivity (Wildman–Crippen MR) is 63.3 cm³/mol. The highest BCUT2D eigenvalue weighted by molar-refractivity contribution is 5.76. The molecule has 0 amide bonds. The second-order valence-electron chi connectivity index (χ2n) is 4.73. The van der Waals surface area contributed by atoms with E-state index in [0.717, 1.165) is 0 Å². The molecule has 1 unspecified atom stereocenters. The lowest BCUT2D eigenvalue weighted by Crippen LogP contribution is -2.32. The van der Waals surface area contributed by atoms with E-state index in [1.54, 1.807) is 32.0 Å². The van der Waals surface area contributed by atoms with Crippen LogP contribution in [0.5, 0.6) is 11.5 Å². The van der Waals surface area contributed by atoms with E-state index in [1.807, 2.05) is 0 Å². The molecule has 2 rings (SSSR count). The molecule has 0 radical (unpaired) electrons. The first-order valence-electron chi connectivity index (χ1n) is 5.63. The van der Waals surface area contributed by atoms with Gasteiger partial charge in [-0.15, -0.1) is 0 Å². The summed E-state index contributed by atoms with van der Waals surface area (Å²) in [5.74, 6) is 0.752. The Balaban J connectivity index is 2.28. The molecular weight excluding hydrogens is 236 g/mol. The highest BCUT2D eigenvalue weighted by atomic mass is 16.7. The number of hydrogen-bond acceptors (Lipinski definition) is 5. The van der Waals surface area contributed by atoms with Gasteiger partial charge >= 0.3 is 5.97 Å². The van der Waals surface area contributed by atoms with Gasteiger partial charge in [-0.2, -0.15) is 0 Å². The number of hydrogen-bond donors (Lipinski definition) is 1. The zero-order valence-electron chi connectivity index (χ0n) is 10.6. The lowest BCUT2D eigenvalue weighted by molar-refractivity contribution is -0.157. The van der Waals surface area contributed by atoms with E-state index in [2.05, 4.69) is 0 Å². The molecule has 1 N–H and O–H groups in total. The standard InChI is InChI=1S/C13H16O5/c1-13(2,12(15)16-3)11(14)8-4-5-9-10(6-8)18-7-17-9/h4-6,11,14H,7H2,1-3H3. The van der Waals surface area contributed by atoms with Crippen molar-refractivity contribution in [2.75, 3.05) is 13.9 Å². The number of fused-ring (bicyclic) bond motifs is 1. The lowest BCUT2D eigenvalue weighted by atomic mass is 9.82. The molecule has 5 heteroatoms. The molecule has 1 atom stereocenters. The second-order valence-corrected chi connectivity index (χ2v) is 4.73. The fourth-order valence-corrected chi connectivity index (χ4v) is 1.87. The third kappa shape index (κ3) is 2.01. The normalized spacial score (nSPS) is 15.3. The summed E-state index contributed by atoms with van der Waals surface area (Å²) in [6.45, 7) is 3.44. The number of carbonyl (C=O) groups is 1. The Hall–Kier alpha value is -1.75. The number of aliphatic hydroxyl groups excluding tert-OH is 1. The van der Waals surface area contributed by atoms with Crippen LogP contribution < -0.4 is 9.47 Å². The summed E-state index contributed by atoms with van der Waals surface area (Å²) in [4.78, 5) is 11.6. The number of aliphatic hydroxyl groups is 1. The van der Waals surface area contributed by atoms with Crippen molar-refractivity contribution in [3.8, 4) is 11.5 Å². The van der Waals surface area contributed by atoms with Gasteiger partial charge in [-0.05, 0) is 31.5 Å². The molecule has 0 aromatic heterocycles. The third-order valence-electron chi connectivity index (χ3n) is 3.11. The van der Waals surface area contributed by atoms with Crippen molar-refractivity contribution in [3.63, 3.8) is 0 Å². The number of ether oxygens (including phenoxy) is 3. The number of benzene rings is 1. The number of methoxy groups -OCH3 is 1. The van der Waals surface area contributed by atoms with Crippen LogP contribution in [0.25, 0.3) is 0 Å². The summed E-state index contributed by atoms with van der Waals surface area (Å²) in [7, 11) is 1.30. The van der Waals surface area contributed by atoms with Crippen LogP contribution in [0.1, 0.15) is 25.5 Å². The van der Waals surface area contributed by atoms with Gasteiger partial charge < -0.3 is 19.3 Å². The first kappa shape index (κ1) is 12.7. The molecule has 0 fully saturated rings. The molecule has 98 valence electrons. The summed E-state index contributed by atoms with van der Waals surface area (Å²) < 4.78 is 15.1. The van der Waals surface area contributed by atoms with Crippen LogP contribution in [-0.2, 0) is 9.53 Å². The molecule has 0 bridgehead atoms. The van der Waals surface area contributed by atoms with Crippen LogP contribution in [-0.4, -0.2) is 25.0 Å². The minimum absolute atomic E-state index is 0.176. The van der Waals surface area contributed by atoms with Crippen LogP contribution in [0.15, 0.2) is 18.2 Å². The molecule has 0 aliphatic carbocycles. The molecular formula is C13H16O5. The van der Waals surface area contributed by atoms with Gasteiger partial charge in [0.15, 0.2) is 11.5 Å². The topological polar surface area (TPSA) is 65.0 Å². The number of carbonyl (C=O) groups excluding carboxylic acids is 1. The highest BCUT2D eigenvalue weighted by Gasteiger charge is 2.38. The zero-order valence-corrected chi connectivity index (χ0v) is 10.6. The molecule has 0 spiro atoms. The molecule has 1 aromatic rings. The quantitative estimate of drug-likeness (QED) is 0.828. The average Bonchev–Trinajstić information content (AvgIpc) is 2.83. The molecule has 18 heavy (non-hydrogen) atoms. The highest BCUT2D eigenvalue weighted by Crippen LogP contribution is 2.39. The zero-order chi connectivity index (χ0) is 13.3. The maximum Gasteiger partial charge on any atom is 0.314 e. The van der Waals surface area contributed by atoms with Crippen LogP contribution in [0.3, 0.4) is 0 Å². The van der Waals surface area contributed by atoms with Gasteiger partial charge in [0.05, 0.1) is 18.6 Å². The molecule has 1 aliphatic heterocycles. The van der Waals surface area contributed by atoms with Crippen LogP contribution in [0.4, 0.5) is 0 Å². The largest absolute Gasteiger partial charge is 0.469 e. The fraction of sp³-hybridized carbons (Fsp3) is 0.462. The molecule has 0 saturated carbocycles. The van der Waals surface area contributed by atoms with E-state index in [-0.39, 0.29) is 6.79 Å². The van der Waals surface area contributed by atoms with Gasteiger partial charge in [0.2, 0.25) is 6.79 Å². The van der Waals surface area contributed by atoms with Crippen molar-refractivity contribution in [2.24, 2.45) is 5.41 Å². The molecule has 0 saturated heterocycles. The molecule has 1 heterocycles. The summed E-state index contributed by atoms with van der Waals surface area (Å²) >= 11 is 0. The second kappa shape index (κ2) is 4.49. The van der Waals surface area contributed by atoms with E-state index < -0.39 is 17.5 Å². The Bertz CT molecular complexity index is 466. The summed E-state index contributed by atoms with van der Waals surface area (Å²) in [5, 5.41) is 10.3. The van der Waals surface area contributed by atoms with Crippen LogP contribution in [0, 0.1) is 5.41 Å². The minimum atomic E-state index is -1.03. The Morgan fingerprint density at radius 2 is 2.06 bits per heavy atom. The van der Waals surface area contributed by atoms with Gasteiger partial charge in [0, 0.05) is 0 Å². The van der Waals surface area contributed by atoms with Gasteiger partial charge in [-0.1, -0.05) is 6.07 Å². The van der Waals surface area contributed by atoms with Gasteiger partial charge in [-0.25, -0.2) is 0 Å². The van der Waals surface area contributed by atoms with E-state index in [0.29, 0.717) is 17.1 Å². The van der Waals surface area contributed by atoms with Gasteiger partial charge in [0.1, 0.15) is 0 Å². The SMILES string of the molecule is COC(=O)C(C)(C)C(O)c1ccc2c(c1)OCO2. The minimum Gasteiger partial charge on any atom is -0.469 e. The summed E-state index contributed by atoms with van der Waals surface area (Å²) in [6.07, 6.45) is -0.973. The van der Waals surface area contributed by atoms with Crippen molar-refractivity contribution >= 4 is 5.97 Å². The van der Waals surface area contributed by atoms with Crippen molar-refractivity contribution in [2.45, 2.75) is 20.0 Å². The van der Waals surface area contributed by atoms with Crippen LogP contribution >= 0.6 is 0 Å². The molecule has 1 aromatic carbocycles. The fourth-order valence-electron chi connectivity index (χ4n) is 1.87. The summed E-state index contributed by atoms with van der Waals surface area (Å²) in [6, 6.07) is 5.11. The maximum atomic E-state index is 11.6. The summed E-state index contributed by atoms with van der Waals surface area (Å²) in [5.41, 5.74) is -0.433. The number of esters is 1. The van der Waals surface area contributed by atoms with Crippen LogP contribution in [0.2, 0.25) is 0 Å². The Kier molecular flexibility index (Phi) is 3.17. The van der Waals surface area contributed by atoms with Crippen molar-refractivity contribution in [3.05, 3.63) is 23.8 Å². The lowest BCUT2D eigenvalue weighted by Gasteiger charge is -2.27. The van der Waals surface area contributed by atoms with Crippen molar-refractivity contribution in [1.29, 1.82) is 0 Å². The Morgan fingerprint density at radius 3 is 2.72 bits per heavy atom. The smallest absolute Gasteiger partial charge is 0.314 e. The first-order valence-corrected chi connectivity index (χ1v) is 5.63. The molecule has 1 aliphatic rings. The first-order chi connectivity index (χ1) is 8.46. The van der Waals surface area contributed by atoms with E-state index in [4.69, 9.17) is 14.2 Å². The monoisotopic (exact) mass is 252 g/mol. The predicted octanol–water partition coefficient (Wildman–Crippen LogP) is 1.65. The molecule has 5 nitrogen and oxygen atoms in total. The average molecular weight is 252 g/mol. The van der Waals surface area contributed by atoms with Crippen molar-refractivity contribution < 1.29 is 24.1 Å². The van der Waals surface area contributed by atoms with Gasteiger partial charge in [-0.3, -0.25) is 4.79 Å². The van der Waals surface area contributed by atoms with Crippen molar-refractivity contribution in [1.82, 2.24) is 0 Å². The van der Waals surface area contributed by atoms with E-state index >= 15 is 0 Å².